The van der Waals surface area contributed by atoms with Gasteiger partial charge in [-0.1, -0.05) is 28.1 Å². The van der Waals surface area contributed by atoms with Gasteiger partial charge >= 0.3 is 5.97 Å². The number of Topliss-reactive ketones (excluding diaryl/α,β-unsaturated/α-hetero) is 1. The molecule has 0 saturated heterocycles. The van der Waals surface area contributed by atoms with E-state index in [0.29, 0.717) is 30.3 Å². The van der Waals surface area contributed by atoms with Crippen LogP contribution in [0.1, 0.15) is 27.6 Å². The number of hydrogen-bond acceptors (Lipinski definition) is 7. The molecule has 1 atom stereocenters. The van der Waals surface area contributed by atoms with Gasteiger partial charge in [-0.15, -0.1) is 0 Å². The maximum Gasteiger partial charge on any atom is 0.338 e. The number of fused-ring (bicyclic) bond motifs is 1. The normalized spacial score (nSPS) is 13.6. The fourth-order valence-corrected chi connectivity index (χ4v) is 4.55. The minimum Gasteiger partial charge on any atom is -0.486 e. The Morgan fingerprint density at radius 3 is 2.21 bits per heavy atom. The van der Waals surface area contributed by atoms with Crippen LogP contribution in [-0.4, -0.2) is 39.5 Å². The molecule has 0 aliphatic carbocycles. The molecule has 0 saturated carbocycles. The van der Waals surface area contributed by atoms with Gasteiger partial charge in [-0.05, 0) is 55.5 Å². The van der Waals surface area contributed by atoms with Gasteiger partial charge in [0.1, 0.15) is 13.2 Å². The van der Waals surface area contributed by atoms with E-state index in [-0.39, 0.29) is 21.9 Å². The minimum absolute atomic E-state index is 0.0144. The van der Waals surface area contributed by atoms with Crippen LogP contribution < -0.4 is 14.2 Å². The van der Waals surface area contributed by atoms with Gasteiger partial charge in [0.2, 0.25) is 5.78 Å². The first-order valence-corrected chi connectivity index (χ1v) is 12.5. The molecule has 0 spiro atoms. The number of benzene rings is 3. The quantitative estimate of drug-likeness (QED) is 0.345. The molecule has 10 heteroatoms. The molecule has 1 N–H and O–H groups in total. The Kier molecular flexibility index (Phi) is 6.90. The Labute approximate surface area is 205 Å². The maximum absolute atomic E-state index is 12.7. The third-order valence-electron chi connectivity index (χ3n) is 4.98. The Balaban J connectivity index is 1.40. The summed E-state index contributed by atoms with van der Waals surface area (Å²) >= 11 is 3.30. The van der Waals surface area contributed by atoms with Crippen molar-refractivity contribution in [3.05, 3.63) is 82.3 Å². The molecule has 1 heterocycles. The molecule has 0 fully saturated rings. The van der Waals surface area contributed by atoms with E-state index < -0.39 is 22.1 Å². The van der Waals surface area contributed by atoms with Crippen LogP contribution in [0.3, 0.4) is 0 Å². The molecule has 0 bridgehead atoms. The molecule has 3 aromatic carbocycles. The number of hydrogen-bond donors (Lipinski definition) is 1. The summed E-state index contributed by atoms with van der Waals surface area (Å²) in [5.74, 6) is -0.177. The second-order valence-corrected chi connectivity index (χ2v) is 10.0. The number of rotatable bonds is 7. The van der Waals surface area contributed by atoms with Crippen LogP contribution >= 0.6 is 15.9 Å². The number of halogens is 1. The molecule has 0 aromatic heterocycles. The summed E-state index contributed by atoms with van der Waals surface area (Å²) in [6.45, 7) is 2.25. The van der Waals surface area contributed by atoms with E-state index in [1.165, 1.54) is 43.3 Å². The third-order valence-corrected chi connectivity index (χ3v) is 6.89. The van der Waals surface area contributed by atoms with E-state index in [4.69, 9.17) is 14.2 Å². The molecule has 34 heavy (non-hydrogen) atoms. The second kappa shape index (κ2) is 9.86. The first-order valence-electron chi connectivity index (χ1n) is 10.3. The molecule has 8 nitrogen and oxygen atoms in total. The largest absolute Gasteiger partial charge is 0.486 e. The van der Waals surface area contributed by atoms with E-state index >= 15 is 0 Å². The van der Waals surface area contributed by atoms with Gasteiger partial charge in [-0.2, -0.15) is 0 Å². The fourth-order valence-electron chi connectivity index (χ4n) is 3.21. The van der Waals surface area contributed by atoms with Gasteiger partial charge in [0.05, 0.1) is 10.5 Å². The first kappa shape index (κ1) is 23.8. The lowest BCUT2D eigenvalue weighted by Crippen LogP contribution is -2.24. The lowest BCUT2D eigenvalue weighted by atomic mass is 10.1. The van der Waals surface area contributed by atoms with Crippen molar-refractivity contribution in [1.82, 2.24) is 0 Å². The zero-order chi connectivity index (χ0) is 24.3. The van der Waals surface area contributed by atoms with Gasteiger partial charge < -0.3 is 14.2 Å². The summed E-state index contributed by atoms with van der Waals surface area (Å²) in [5.41, 5.74) is 0.857. The summed E-state index contributed by atoms with van der Waals surface area (Å²) < 4.78 is 44.9. The second-order valence-electron chi connectivity index (χ2n) is 7.41. The van der Waals surface area contributed by atoms with E-state index in [0.717, 1.165) is 4.47 Å². The Hall–Kier alpha value is -3.37. The molecule has 0 radical (unpaired) electrons. The van der Waals surface area contributed by atoms with Crippen LogP contribution in [0.5, 0.6) is 11.5 Å². The number of carbonyl (C=O) groups is 2. The highest BCUT2D eigenvalue weighted by Crippen LogP contribution is 2.32. The lowest BCUT2D eigenvalue weighted by Gasteiger charge is -2.19. The average molecular weight is 546 g/mol. The van der Waals surface area contributed by atoms with E-state index in [1.807, 2.05) is 0 Å². The number of esters is 1. The van der Waals surface area contributed by atoms with Crippen molar-refractivity contribution >= 4 is 43.4 Å². The predicted octanol–water partition coefficient (Wildman–Crippen LogP) is 4.45. The van der Waals surface area contributed by atoms with Crippen LogP contribution in [0.25, 0.3) is 0 Å². The predicted molar refractivity (Wildman–Crippen MR) is 128 cm³/mol. The van der Waals surface area contributed by atoms with Crippen molar-refractivity contribution in [2.24, 2.45) is 0 Å². The topological polar surface area (TPSA) is 108 Å². The molecule has 176 valence electrons. The van der Waals surface area contributed by atoms with E-state index in [9.17, 15) is 18.0 Å². The fraction of sp³-hybridized carbons (Fsp3) is 0.167. The number of nitrogens with one attached hydrogen (secondary N) is 1. The highest BCUT2D eigenvalue weighted by atomic mass is 79.9. The van der Waals surface area contributed by atoms with Gasteiger partial charge in [0.25, 0.3) is 10.0 Å². The van der Waals surface area contributed by atoms with E-state index in [2.05, 4.69) is 20.7 Å². The van der Waals surface area contributed by atoms with Crippen molar-refractivity contribution < 1.29 is 32.2 Å². The van der Waals surface area contributed by atoms with Crippen LogP contribution in [0.15, 0.2) is 76.1 Å². The number of sulfonamides is 1. The highest BCUT2D eigenvalue weighted by Gasteiger charge is 2.22. The third kappa shape index (κ3) is 5.40. The number of anilines is 1. The lowest BCUT2D eigenvalue weighted by molar-refractivity contribution is 0.0319. The number of carbonyl (C=O) groups excluding carboxylic acids is 2. The molecule has 1 aliphatic rings. The molecule has 1 aliphatic heterocycles. The molecular formula is C24H20BrNO7S. The van der Waals surface area contributed by atoms with Gasteiger partial charge in [0.15, 0.2) is 17.6 Å². The van der Waals surface area contributed by atoms with Crippen molar-refractivity contribution in [3.8, 4) is 11.5 Å². The minimum atomic E-state index is -3.89. The summed E-state index contributed by atoms with van der Waals surface area (Å²) in [6, 6.07) is 16.8. The SMILES string of the molecule is CC(OC(=O)c1ccc(NS(=O)(=O)c2ccc3c(c2)OCCO3)cc1)C(=O)c1ccc(Br)cc1. The number of ether oxygens (including phenoxy) is 3. The molecular weight excluding hydrogens is 526 g/mol. The Morgan fingerprint density at radius 1 is 0.912 bits per heavy atom. The summed E-state index contributed by atoms with van der Waals surface area (Å²) in [7, 11) is -3.89. The van der Waals surface area contributed by atoms with Gasteiger partial charge in [0, 0.05) is 21.8 Å². The van der Waals surface area contributed by atoms with Crippen molar-refractivity contribution in [3.63, 3.8) is 0 Å². The van der Waals surface area contributed by atoms with Crippen LogP contribution in [0.4, 0.5) is 5.69 Å². The van der Waals surface area contributed by atoms with Crippen molar-refractivity contribution in [2.45, 2.75) is 17.9 Å². The van der Waals surface area contributed by atoms with Crippen molar-refractivity contribution in [2.75, 3.05) is 17.9 Å². The summed E-state index contributed by atoms with van der Waals surface area (Å²) in [4.78, 5) is 24.9. The van der Waals surface area contributed by atoms with Crippen LogP contribution in [0.2, 0.25) is 0 Å². The standard InChI is InChI=1S/C24H20BrNO7S/c1-15(23(27)16-2-6-18(25)7-3-16)33-24(28)17-4-8-19(9-5-17)26-34(29,30)20-10-11-21-22(14-20)32-13-12-31-21/h2-11,14-15,26H,12-13H2,1H3. The average Bonchev–Trinajstić information content (AvgIpc) is 2.84. The summed E-state index contributed by atoms with van der Waals surface area (Å²) in [5, 5.41) is 0. The van der Waals surface area contributed by atoms with Gasteiger partial charge in [-0.25, -0.2) is 13.2 Å². The molecule has 1 unspecified atom stereocenters. The summed E-state index contributed by atoms with van der Waals surface area (Å²) in [6.07, 6.45) is -0.984. The van der Waals surface area contributed by atoms with Crippen LogP contribution in [-0.2, 0) is 14.8 Å². The Bertz CT molecular complexity index is 1320. The first-order chi connectivity index (χ1) is 16.2. The molecule has 0 amide bonds. The van der Waals surface area contributed by atoms with Crippen molar-refractivity contribution in [1.29, 1.82) is 0 Å². The smallest absolute Gasteiger partial charge is 0.338 e. The zero-order valence-electron chi connectivity index (χ0n) is 18.0. The Morgan fingerprint density at radius 2 is 1.53 bits per heavy atom. The highest BCUT2D eigenvalue weighted by molar-refractivity contribution is 9.10. The van der Waals surface area contributed by atoms with Crippen LogP contribution in [0, 0.1) is 0 Å². The number of ketones is 1. The van der Waals surface area contributed by atoms with E-state index in [1.54, 1.807) is 30.3 Å². The monoisotopic (exact) mass is 545 g/mol. The molecule has 4 rings (SSSR count). The van der Waals surface area contributed by atoms with Gasteiger partial charge in [-0.3, -0.25) is 9.52 Å². The zero-order valence-corrected chi connectivity index (χ0v) is 20.4. The molecule has 3 aromatic rings. The maximum atomic E-state index is 12.7.